The predicted molar refractivity (Wildman–Crippen MR) is 60.9 cm³/mol. The molecule has 2 rings (SSSR count). The number of hydrogen-bond donors (Lipinski definition) is 1. The number of carbonyl (C=O) groups is 1. The fourth-order valence-corrected chi connectivity index (χ4v) is 1.37. The van der Waals surface area contributed by atoms with Crippen LogP contribution in [-0.2, 0) is 4.74 Å². The van der Waals surface area contributed by atoms with Gasteiger partial charge in [0.05, 0.1) is 17.6 Å². The second-order valence-electron chi connectivity index (χ2n) is 3.03. The van der Waals surface area contributed by atoms with Crippen LogP contribution in [0.25, 0.3) is 5.52 Å². The Bertz CT molecular complexity index is 498. The number of hydrogen-bond acceptors (Lipinski definition) is 3. The number of amides is 1. The maximum absolute atomic E-state index is 11.3. The average molecular weight is 240 g/mol. The van der Waals surface area contributed by atoms with Gasteiger partial charge in [0.25, 0.3) is 0 Å². The SMILES string of the molecule is O=C(Nc1ncc2ccccn12)OCCCl. The molecule has 0 bridgehead atoms. The number of ether oxygens (including phenoxy) is 1. The quantitative estimate of drug-likeness (QED) is 0.835. The lowest BCUT2D eigenvalue weighted by Crippen LogP contribution is -2.16. The van der Waals surface area contributed by atoms with Crippen molar-refractivity contribution in [3.05, 3.63) is 30.6 Å². The van der Waals surface area contributed by atoms with Crippen molar-refractivity contribution in [3.63, 3.8) is 0 Å². The van der Waals surface area contributed by atoms with Crippen LogP contribution in [0.2, 0.25) is 0 Å². The number of fused-ring (bicyclic) bond motifs is 1. The second kappa shape index (κ2) is 4.85. The van der Waals surface area contributed by atoms with Gasteiger partial charge in [-0.05, 0) is 12.1 Å². The largest absolute Gasteiger partial charge is 0.448 e. The van der Waals surface area contributed by atoms with E-state index in [2.05, 4.69) is 10.3 Å². The standard InChI is InChI=1S/C10H10ClN3O2/c11-4-6-16-10(15)13-9-12-7-8-3-1-2-5-14(8)9/h1-3,5,7H,4,6H2,(H,12,13,15). The Hall–Kier alpha value is -1.75. The smallest absolute Gasteiger partial charge is 0.414 e. The molecule has 84 valence electrons. The van der Waals surface area contributed by atoms with Gasteiger partial charge in [-0.15, -0.1) is 11.6 Å². The molecule has 6 heteroatoms. The van der Waals surface area contributed by atoms with Gasteiger partial charge >= 0.3 is 6.09 Å². The molecule has 0 radical (unpaired) electrons. The van der Waals surface area contributed by atoms with Crippen molar-refractivity contribution in [3.8, 4) is 0 Å². The van der Waals surface area contributed by atoms with E-state index < -0.39 is 6.09 Å². The molecule has 0 aliphatic rings. The summed E-state index contributed by atoms with van der Waals surface area (Å²) in [5, 5.41) is 2.53. The summed E-state index contributed by atoms with van der Waals surface area (Å²) in [6.45, 7) is 0.177. The molecule has 0 spiro atoms. The van der Waals surface area contributed by atoms with Crippen molar-refractivity contribution < 1.29 is 9.53 Å². The van der Waals surface area contributed by atoms with E-state index >= 15 is 0 Å². The summed E-state index contributed by atoms with van der Waals surface area (Å²) in [5.41, 5.74) is 0.898. The Kier molecular flexibility index (Phi) is 3.26. The monoisotopic (exact) mass is 239 g/mol. The minimum atomic E-state index is -0.558. The molecule has 0 aliphatic carbocycles. The number of nitrogens with one attached hydrogen (secondary N) is 1. The third-order valence-corrected chi connectivity index (χ3v) is 2.12. The molecular weight excluding hydrogens is 230 g/mol. The van der Waals surface area contributed by atoms with Crippen LogP contribution in [-0.4, -0.2) is 28.0 Å². The number of pyridine rings is 1. The fourth-order valence-electron chi connectivity index (χ4n) is 1.30. The molecule has 1 N–H and O–H groups in total. The second-order valence-corrected chi connectivity index (χ2v) is 3.41. The lowest BCUT2D eigenvalue weighted by atomic mass is 10.4. The molecule has 0 fully saturated rings. The number of carbonyl (C=O) groups excluding carboxylic acids is 1. The molecule has 0 aromatic carbocycles. The Morgan fingerprint density at radius 2 is 2.44 bits per heavy atom. The van der Waals surface area contributed by atoms with E-state index in [-0.39, 0.29) is 12.5 Å². The fraction of sp³-hybridized carbons (Fsp3) is 0.200. The van der Waals surface area contributed by atoms with Crippen molar-refractivity contribution in [1.29, 1.82) is 0 Å². The van der Waals surface area contributed by atoms with Crippen LogP contribution in [0.5, 0.6) is 0 Å². The zero-order valence-corrected chi connectivity index (χ0v) is 9.15. The molecule has 0 saturated heterocycles. The van der Waals surface area contributed by atoms with Gasteiger partial charge < -0.3 is 4.74 Å². The average Bonchev–Trinajstić information content (AvgIpc) is 2.70. The minimum Gasteiger partial charge on any atom is -0.448 e. The molecule has 0 saturated carbocycles. The molecule has 2 aromatic heterocycles. The van der Waals surface area contributed by atoms with Crippen LogP contribution >= 0.6 is 11.6 Å². The Morgan fingerprint density at radius 3 is 3.25 bits per heavy atom. The lowest BCUT2D eigenvalue weighted by molar-refractivity contribution is 0.168. The Labute approximate surface area is 97.0 Å². The van der Waals surface area contributed by atoms with Crippen molar-refractivity contribution >= 4 is 29.2 Å². The van der Waals surface area contributed by atoms with Gasteiger partial charge in [0, 0.05) is 6.20 Å². The summed E-state index contributed by atoms with van der Waals surface area (Å²) >= 11 is 5.40. The van der Waals surface area contributed by atoms with Gasteiger partial charge in [0.2, 0.25) is 5.95 Å². The van der Waals surface area contributed by atoms with Gasteiger partial charge in [-0.1, -0.05) is 6.07 Å². The van der Waals surface area contributed by atoms with Crippen LogP contribution in [0.15, 0.2) is 30.6 Å². The summed E-state index contributed by atoms with van der Waals surface area (Å²) in [5.74, 6) is 0.700. The number of rotatable bonds is 3. The zero-order valence-electron chi connectivity index (χ0n) is 8.39. The molecule has 0 aliphatic heterocycles. The van der Waals surface area contributed by atoms with Gasteiger partial charge in [0.1, 0.15) is 6.61 Å². The van der Waals surface area contributed by atoms with Crippen LogP contribution < -0.4 is 5.32 Å². The molecule has 0 unspecified atom stereocenters. The number of aromatic nitrogens is 2. The molecule has 2 heterocycles. The first-order valence-electron chi connectivity index (χ1n) is 4.73. The van der Waals surface area contributed by atoms with E-state index in [4.69, 9.17) is 16.3 Å². The van der Waals surface area contributed by atoms with E-state index in [1.54, 1.807) is 16.8 Å². The predicted octanol–water partition coefficient (Wildman–Crippen LogP) is 2.12. The maximum Gasteiger partial charge on any atom is 0.414 e. The highest BCUT2D eigenvalue weighted by molar-refractivity contribution is 6.18. The Balaban J connectivity index is 2.12. The number of imidazole rings is 1. The van der Waals surface area contributed by atoms with Crippen LogP contribution in [0.4, 0.5) is 10.7 Å². The summed E-state index contributed by atoms with van der Waals surface area (Å²) in [4.78, 5) is 15.3. The molecular formula is C10H10ClN3O2. The number of anilines is 1. The van der Waals surface area contributed by atoms with Gasteiger partial charge in [-0.25, -0.2) is 9.78 Å². The molecule has 2 aromatic rings. The minimum absolute atomic E-state index is 0.177. The first kappa shape index (κ1) is 10.8. The maximum atomic E-state index is 11.3. The van der Waals surface area contributed by atoms with Crippen molar-refractivity contribution in [2.75, 3.05) is 17.8 Å². The first-order valence-corrected chi connectivity index (χ1v) is 5.26. The van der Waals surface area contributed by atoms with E-state index in [9.17, 15) is 4.79 Å². The molecule has 16 heavy (non-hydrogen) atoms. The lowest BCUT2D eigenvalue weighted by Gasteiger charge is -2.04. The number of halogens is 1. The molecule has 5 nitrogen and oxygen atoms in total. The van der Waals surface area contributed by atoms with Gasteiger partial charge in [-0.3, -0.25) is 9.72 Å². The van der Waals surface area contributed by atoms with Crippen molar-refractivity contribution in [2.45, 2.75) is 0 Å². The highest BCUT2D eigenvalue weighted by Crippen LogP contribution is 2.10. The summed E-state index contributed by atoms with van der Waals surface area (Å²) in [6, 6.07) is 5.64. The summed E-state index contributed by atoms with van der Waals surface area (Å²) in [6.07, 6.45) is 2.91. The molecule has 0 atom stereocenters. The van der Waals surface area contributed by atoms with Crippen molar-refractivity contribution in [1.82, 2.24) is 9.38 Å². The van der Waals surface area contributed by atoms with Crippen molar-refractivity contribution in [2.24, 2.45) is 0 Å². The summed E-state index contributed by atoms with van der Waals surface area (Å²) < 4.78 is 6.53. The third kappa shape index (κ3) is 2.25. The van der Waals surface area contributed by atoms with E-state index in [0.29, 0.717) is 5.95 Å². The van der Waals surface area contributed by atoms with E-state index in [1.165, 1.54) is 0 Å². The van der Waals surface area contributed by atoms with E-state index in [1.807, 2.05) is 18.2 Å². The highest BCUT2D eigenvalue weighted by atomic mass is 35.5. The first-order chi connectivity index (χ1) is 7.81. The zero-order chi connectivity index (χ0) is 11.4. The normalized spacial score (nSPS) is 10.3. The van der Waals surface area contributed by atoms with Crippen LogP contribution in [0.1, 0.15) is 0 Å². The highest BCUT2D eigenvalue weighted by Gasteiger charge is 2.07. The number of nitrogens with zero attached hydrogens (tertiary/aromatic N) is 2. The van der Waals surface area contributed by atoms with Crippen LogP contribution in [0.3, 0.4) is 0 Å². The Morgan fingerprint density at radius 1 is 1.56 bits per heavy atom. The van der Waals surface area contributed by atoms with E-state index in [0.717, 1.165) is 5.52 Å². The van der Waals surface area contributed by atoms with Gasteiger partial charge in [-0.2, -0.15) is 0 Å². The van der Waals surface area contributed by atoms with Crippen LogP contribution in [0, 0.1) is 0 Å². The van der Waals surface area contributed by atoms with Gasteiger partial charge in [0.15, 0.2) is 0 Å². The summed E-state index contributed by atoms with van der Waals surface area (Å²) in [7, 11) is 0. The topological polar surface area (TPSA) is 55.6 Å². The number of alkyl halides is 1. The third-order valence-electron chi connectivity index (χ3n) is 1.96. The molecule has 1 amide bonds.